The van der Waals surface area contributed by atoms with E-state index in [1.165, 1.54) is 4.88 Å². The van der Waals surface area contributed by atoms with Crippen molar-refractivity contribution in [1.82, 2.24) is 9.88 Å². The zero-order valence-electron chi connectivity index (χ0n) is 13.8. The molecular formula is C16H24N2O3S. The van der Waals surface area contributed by atoms with E-state index in [2.05, 4.69) is 4.98 Å². The number of nitrogens with zero attached hydrogens (tertiary/aromatic N) is 2. The van der Waals surface area contributed by atoms with Gasteiger partial charge in [0.15, 0.2) is 0 Å². The molecule has 0 unspecified atom stereocenters. The van der Waals surface area contributed by atoms with Gasteiger partial charge in [-0.2, -0.15) is 0 Å². The summed E-state index contributed by atoms with van der Waals surface area (Å²) in [6.45, 7) is 8.54. The Labute approximate surface area is 135 Å². The summed E-state index contributed by atoms with van der Waals surface area (Å²) in [5.41, 5.74) is 0.612. The number of ketones is 1. The molecule has 0 saturated heterocycles. The van der Waals surface area contributed by atoms with Crippen LogP contribution in [0.25, 0.3) is 0 Å². The maximum atomic E-state index is 12.1. The molecular weight excluding hydrogens is 300 g/mol. The Bertz CT molecular complexity index is 535. The number of hydrogen-bond acceptors (Lipinski definition) is 5. The highest BCUT2D eigenvalue weighted by atomic mass is 32.1. The maximum Gasteiger partial charge on any atom is 0.410 e. The van der Waals surface area contributed by atoms with Crippen molar-refractivity contribution in [1.29, 1.82) is 0 Å². The van der Waals surface area contributed by atoms with Crippen LogP contribution in [0.3, 0.4) is 0 Å². The third-order valence-electron chi connectivity index (χ3n) is 3.39. The minimum atomic E-state index is -0.466. The molecule has 1 amide bonds. The van der Waals surface area contributed by atoms with Gasteiger partial charge in [0.2, 0.25) is 0 Å². The molecule has 1 aromatic heterocycles. The number of aryl methyl sites for hydroxylation is 1. The summed E-state index contributed by atoms with van der Waals surface area (Å²) < 4.78 is 5.43. The van der Waals surface area contributed by atoms with E-state index < -0.39 is 5.60 Å². The lowest BCUT2D eigenvalue weighted by atomic mass is 10.2. The molecule has 0 aromatic carbocycles. The normalized spacial score (nSPS) is 15.2. The fraction of sp³-hybridized carbons (Fsp3) is 0.688. The van der Waals surface area contributed by atoms with Crippen LogP contribution in [-0.2, 0) is 28.8 Å². The summed E-state index contributed by atoms with van der Waals surface area (Å²) in [7, 11) is 0. The molecule has 1 aliphatic heterocycles. The highest BCUT2D eigenvalue weighted by molar-refractivity contribution is 7.11. The van der Waals surface area contributed by atoms with Gasteiger partial charge in [-0.15, -0.1) is 11.3 Å². The molecule has 0 aliphatic carbocycles. The molecule has 0 spiro atoms. The minimum Gasteiger partial charge on any atom is -0.444 e. The van der Waals surface area contributed by atoms with Crippen molar-refractivity contribution < 1.29 is 14.3 Å². The van der Waals surface area contributed by atoms with Gasteiger partial charge < -0.3 is 14.4 Å². The second kappa shape index (κ2) is 6.77. The minimum absolute atomic E-state index is 0.196. The summed E-state index contributed by atoms with van der Waals surface area (Å²) >= 11 is 1.68. The number of ether oxygens (including phenoxy) is 1. The molecule has 2 rings (SSSR count). The molecule has 0 N–H and O–H groups in total. The summed E-state index contributed by atoms with van der Waals surface area (Å²) in [4.78, 5) is 30.8. The van der Waals surface area contributed by atoms with Crippen LogP contribution in [-0.4, -0.2) is 40.5 Å². The van der Waals surface area contributed by atoms with E-state index in [4.69, 9.17) is 4.74 Å². The fourth-order valence-electron chi connectivity index (χ4n) is 2.32. The SMILES string of the molecule is CC(=O)CCc1nc2c(s1)CCN(C(=O)OC(C)(C)C)CC2. The van der Waals surface area contributed by atoms with Gasteiger partial charge in [-0.3, -0.25) is 0 Å². The van der Waals surface area contributed by atoms with Crippen LogP contribution < -0.4 is 0 Å². The average Bonchev–Trinajstić information content (AvgIpc) is 2.66. The smallest absolute Gasteiger partial charge is 0.410 e. The van der Waals surface area contributed by atoms with Crippen LogP contribution in [0.2, 0.25) is 0 Å². The lowest BCUT2D eigenvalue weighted by molar-refractivity contribution is -0.116. The first kappa shape index (κ1) is 16.9. The highest BCUT2D eigenvalue weighted by Gasteiger charge is 2.25. The number of hydrogen-bond donors (Lipinski definition) is 0. The number of fused-ring (bicyclic) bond motifs is 1. The number of rotatable bonds is 3. The van der Waals surface area contributed by atoms with Crippen molar-refractivity contribution in [3.8, 4) is 0 Å². The number of thiazole rings is 1. The Morgan fingerprint density at radius 1 is 1.27 bits per heavy atom. The monoisotopic (exact) mass is 324 g/mol. The largest absolute Gasteiger partial charge is 0.444 e. The Kier molecular flexibility index (Phi) is 5.21. The second-order valence-corrected chi connectivity index (χ2v) is 7.82. The number of carbonyl (C=O) groups is 2. The van der Waals surface area contributed by atoms with Crippen molar-refractivity contribution in [3.63, 3.8) is 0 Å². The van der Waals surface area contributed by atoms with Crippen LogP contribution in [0.4, 0.5) is 4.79 Å². The van der Waals surface area contributed by atoms with E-state index in [9.17, 15) is 9.59 Å². The molecule has 0 atom stereocenters. The number of amides is 1. The van der Waals surface area contributed by atoms with E-state index >= 15 is 0 Å². The Balaban J connectivity index is 1.95. The second-order valence-electron chi connectivity index (χ2n) is 6.65. The van der Waals surface area contributed by atoms with Gasteiger partial charge in [0.1, 0.15) is 11.4 Å². The first-order valence-electron chi connectivity index (χ1n) is 7.69. The molecule has 0 radical (unpaired) electrons. The molecule has 6 heteroatoms. The van der Waals surface area contributed by atoms with Gasteiger partial charge in [-0.25, -0.2) is 9.78 Å². The standard InChI is InChI=1S/C16H24N2O3S/c1-11(19)5-6-14-17-12-7-9-18(10-8-13(12)22-14)15(20)21-16(2,3)4/h5-10H2,1-4H3. The maximum absolute atomic E-state index is 12.1. The lowest BCUT2D eigenvalue weighted by Crippen LogP contribution is -2.38. The predicted octanol–water partition coefficient (Wildman–Crippen LogP) is 3.00. The van der Waals surface area contributed by atoms with E-state index in [0.29, 0.717) is 19.5 Å². The zero-order valence-corrected chi connectivity index (χ0v) is 14.6. The first-order valence-corrected chi connectivity index (χ1v) is 8.51. The predicted molar refractivity (Wildman–Crippen MR) is 86.3 cm³/mol. The van der Waals surface area contributed by atoms with E-state index in [-0.39, 0.29) is 11.9 Å². The van der Waals surface area contributed by atoms with Crippen LogP contribution in [0.15, 0.2) is 0 Å². The van der Waals surface area contributed by atoms with Gasteiger partial charge in [0.05, 0.1) is 10.7 Å². The lowest BCUT2D eigenvalue weighted by Gasteiger charge is -2.26. The van der Waals surface area contributed by atoms with Crippen LogP contribution in [0, 0.1) is 0 Å². The first-order chi connectivity index (χ1) is 10.2. The zero-order chi connectivity index (χ0) is 16.3. The van der Waals surface area contributed by atoms with Gasteiger partial charge >= 0.3 is 6.09 Å². The molecule has 122 valence electrons. The van der Waals surface area contributed by atoms with Crippen molar-refractivity contribution >= 4 is 23.2 Å². The molecule has 0 fully saturated rings. The Morgan fingerprint density at radius 3 is 2.59 bits per heavy atom. The van der Waals surface area contributed by atoms with E-state index in [0.717, 1.165) is 30.0 Å². The van der Waals surface area contributed by atoms with Gasteiger partial charge in [0, 0.05) is 43.6 Å². The summed E-state index contributed by atoms with van der Waals surface area (Å²) in [6.07, 6.45) is 2.59. The molecule has 5 nitrogen and oxygen atoms in total. The quantitative estimate of drug-likeness (QED) is 0.857. The summed E-state index contributed by atoms with van der Waals surface area (Å²) in [5, 5.41) is 1.03. The van der Waals surface area contributed by atoms with Crippen LogP contribution >= 0.6 is 11.3 Å². The van der Waals surface area contributed by atoms with Crippen molar-refractivity contribution in [2.45, 2.75) is 59.0 Å². The molecule has 0 saturated carbocycles. The van der Waals surface area contributed by atoms with Gasteiger partial charge in [-0.05, 0) is 27.7 Å². The molecule has 1 aromatic rings. The van der Waals surface area contributed by atoms with Gasteiger partial charge in [-0.1, -0.05) is 0 Å². The van der Waals surface area contributed by atoms with E-state index in [1.54, 1.807) is 23.2 Å². The average molecular weight is 324 g/mol. The van der Waals surface area contributed by atoms with E-state index in [1.807, 2.05) is 20.8 Å². The fourth-order valence-corrected chi connectivity index (χ4v) is 3.42. The molecule has 1 aliphatic rings. The third-order valence-corrected chi connectivity index (χ3v) is 4.61. The molecule has 0 bridgehead atoms. The summed E-state index contributed by atoms with van der Waals surface area (Å²) in [6, 6.07) is 0. The van der Waals surface area contributed by atoms with Crippen LogP contribution in [0.5, 0.6) is 0 Å². The topological polar surface area (TPSA) is 59.5 Å². The van der Waals surface area contributed by atoms with Crippen LogP contribution in [0.1, 0.15) is 49.7 Å². The molecule has 22 heavy (non-hydrogen) atoms. The molecule has 2 heterocycles. The van der Waals surface area contributed by atoms with Crippen molar-refractivity contribution in [3.05, 3.63) is 15.6 Å². The Morgan fingerprint density at radius 2 is 1.95 bits per heavy atom. The Hall–Kier alpha value is -1.43. The number of Topliss-reactive ketones (excluding diaryl/α,β-unsaturated/α-hetero) is 1. The number of carbonyl (C=O) groups excluding carboxylic acids is 2. The van der Waals surface area contributed by atoms with Crippen molar-refractivity contribution in [2.75, 3.05) is 13.1 Å². The van der Waals surface area contributed by atoms with Gasteiger partial charge in [0.25, 0.3) is 0 Å². The highest BCUT2D eigenvalue weighted by Crippen LogP contribution is 2.24. The third kappa shape index (κ3) is 4.80. The number of aromatic nitrogens is 1. The van der Waals surface area contributed by atoms with Crippen molar-refractivity contribution in [2.24, 2.45) is 0 Å². The summed E-state index contributed by atoms with van der Waals surface area (Å²) in [5.74, 6) is 0.196.